The van der Waals surface area contributed by atoms with E-state index in [1.165, 1.54) is 50.6 Å². The summed E-state index contributed by atoms with van der Waals surface area (Å²) in [5, 5.41) is 0. The van der Waals surface area contributed by atoms with E-state index in [9.17, 15) is 4.79 Å². The monoisotopic (exact) mass is 285 g/mol. The number of rotatable bonds is 4. The topological polar surface area (TPSA) is 20.3 Å². The van der Waals surface area contributed by atoms with E-state index in [2.05, 4.69) is 4.90 Å². The lowest BCUT2D eigenvalue weighted by molar-refractivity contribution is 0.0575. The zero-order chi connectivity index (χ0) is 14.7. The maximum absolute atomic E-state index is 12.4. The molecule has 1 heterocycles. The lowest BCUT2D eigenvalue weighted by Gasteiger charge is -2.44. The fourth-order valence-corrected chi connectivity index (χ4v) is 4.21. The zero-order valence-corrected chi connectivity index (χ0v) is 13.2. The average molecular weight is 285 g/mol. The molecule has 0 aromatic heterocycles. The van der Waals surface area contributed by atoms with Crippen LogP contribution in [-0.4, -0.2) is 29.8 Å². The van der Waals surface area contributed by atoms with Gasteiger partial charge in [0.15, 0.2) is 5.78 Å². The number of aryl methyl sites for hydroxylation is 1. The Morgan fingerprint density at radius 3 is 2.86 bits per heavy atom. The molecule has 2 atom stereocenters. The van der Waals surface area contributed by atoms with Crippen molar-refractivity contribution in [2.45, 2.75) is 57.9 Å². The molecule has 3 rings (SSSR count). The van der Waals surface area contributed by atoms with Crippen LogP contribution in [0.3, 0.4) is 0 Å². The number of hydrogen-bond acceptors (Lipinski definition) is 2. The first-order chi connectivity index (χ1) is 10.2. The van der Waals surface area contributed by atoms with Gasteiger partial charge in [0, 0.05) is 24.6 Å². The van der Waals surface area contributed by atoms with Gasteiger partial charge in [0.2, 0.25) is 0 Å². The Labute approximate surface area is 128 Å². The lowest BCUT2D eigenvalue weighted by atomic mass is 9.78. The van der Waals surface area contributed by atoms with Gasteiger partial charge >= 0.3 is 0 Å². The minimum absolute atomic E-state index is 0.302. The molecule has 114 valence electrons. The number of carbonyl (C=O) groups excluding carboxylic acids is 1. The predicted molar refractivity (Wildman–Crippen MR) is 86.7 cm³/mol. The Morgan fingerprint density at radius 2 is 2.00 bits per heavy atom. The normalized spacial score (nSPS) is 26.3. The third-order valence-corrected chi connectivity index (χ3v) is 5.32. The van der Waals surface area contributed by atoms with E-state index in [1.54, 1.807) is 0 Å². The first-order valence-corrected chi connectivity index (χ1v) is 8.58. The molecule has 2 fully saturated rings. The van der Waals surface area contributed by atoms with Gasteiger partial charge in [0.05, 0.1) is 0 Å². The van der Waals surface area contributed by atoms with E-state index in [0.29, 0.717) is 12.2 Å². The van der Waals surface area contributed by atoms with Crippen LogP contribution in [0, 0.1) is 12.8 Å². The van der Waals surface area contributed by atoms with Crippen molar-refractivity contribution in [1.82, 2.24) is 4.90 Å². The van der Waals surface area contributed by atoms with Crippen molar-refractivity contribution in [3.63, 3.8) is 0 Å². The largest absolute Gasteiger partial charge is 0.300 e. The van der Waals surface area contributed by atoms with Crippen molar-refractivity contribution in [2.75, 3.05) is 13.1 Å². The molecule has 1 saturated heterocycles. The summed E-state index contributed by atoms with van der Waals surface area (Å²) in [7, 11) is 0. The van der Waals surface area contributed by atoms with Gasteiger partial charge in [-0.2, -0.15) is 0 Å². The molecule has 0 spiro atoms. The Kier molecular flexibility index (Phi) is 4.74. The molecule has 2 aliphatic rings. The number of piperidine rings is 1. The summed E-state index contributed by atoms with van der Waals surface area (Å²) in [4.78, 5) is 15.0. The van der Waals surface area contributed by atoms with Crippen molar-refractivity contribution in [1.29, 1.82) is 0 Å². The van der Waals surface area contributed by atoms with Gasteiger partial charge < -0.3 is 0 Å². The number of carbonyl (C=O) groups is 1. The number of nitrogens with zero attached hydrogens (tertiary/aromatic N) is 1. The molecule has 1 aromatic rings. The maximum atomic E-state index is 12.4. The van der Waals surface area contributed by atoms with Crippen LogP contribution < -0.4 is 0 Å². The highest BCUT2D eigenvalue weighted by atomic mass is 16.1. The molecule has 1 aliphatic carbocycles. The fourth-order valence-electron chi connectivity index (χ4n) is 4.21. The number of benzene rings is 1. The number of hydrogen-bond donors (Lipinski definition) is 0. The average Bonchev–Trinajstić information content (AvgIpc) is 2.52. The number of Topliss-reactive ketones (excluding diaryl/α,β-unsaturated/α-hetero) is 1. The molecule has 2 heteroatoms. The van der Waals surface area contributed by atoms with Crippen molar-refractivity contribution < 1.29 is 4.79 Å². The highest BCUT2D eigenvalue weighted by Gasteiger charge is 2.32. The van der Waals surface area contributed by atoms with Crippen LogP contribution in [0.2, 0.25) is 0 Å². The third-order valence-electron chi connectivity index (χ3n) is 5.32. The summed E-state index contributed by atoms with van der Waals surface area (Å²) in [6, 6.07) is 8.77. The van der Waals surface area contributed by atoms with Crippen LogP contribution in [-0.2, 0) is 0 Å². The van der Waals surface area contributed by atoms with Crippen LogP contribution in [0.5, 0.6) is 0 Å². The third kappa shape index (κ3) is 3.55. The summed E-state index contributed by atoms with van der Waals surface area (Å²) < 4.78 is 0. The van der Waals surface area contributed by atoms with E-state index in [0.717, 1.165) is 24.1 Å². The number of fused-ring (bicyclic) bond motifs is 1. The molecular weight excluding hydrogens is 258 g/mol. The van der Waals surface area contributed by atoms with Gasteiger partial charge in [0.1, 0.15) is 0 Å². The molecule has 0 unspecified atom stereocenters. The van der Waals surface area contributed by atoms with Crippen molar-refractivity contribution >= 4 is 5.78 Å². The van der Waals surface area contributed by atoms with Gasteiger partial charge in [-0.15, -0.1) is 0 Å². The highest BCUT2D eigenvalue weighted by molar-refractivity contribution is 5.96. The Balaban J connectivity index is 1.57. The summed E-state index contributed by atoms with van der Waals surface area (Å²) in [5.41, 5.74) is 2.05. The van der Waals surface area contributed by atoms with Crippen LogP contribution in [0.25, 0.3) is 0 Å². The zero-order valence-electron chi connectivity index (χ0n) is 13.2. The highest BCUT2D eigenvalue weighted by Crippen LogP contribution is 2.35. The number of ketones is 1. The predicted octanol–water partition coefficient (Wildman–Crippen LogP) is 4.22. The van der Waals surface area contributed by atoms with Gasteiger partial charge in [-0.1, -0.05) is 36.6 Å². The molecule has 21 heavy (non-hydrogen) atoms. The van der Waals surface area contributed by atoms with E-state index >= 15 is 0 Å². The first kappa shape index (κ1) is 14.8. The van der Waals surface area contributed by atoms with Gasteiger partial charge in [-0.25, -0.2) is 0 Å². The van der Waals surface area contributed by atoms with Crippen LogP contribution >= 0.6 is 0 Å². The second kappa shape index (κ2) is 6.74. The summed E-state index contributed by atoms with van der Waals surface area (Å²) in [6.45, 7) is 4.20. The fraction of sp³-hybridized carbons (Fsp3) is 0.632. The van der Waals surface area contributed by atoms with Crippen molar-refractivity contribution in [2.24, 2.45) is 5.92 Å². The number of likely N-dealkylation sites (tertiary alicyclic amines) is 1. The maximum Gasteiger partial charge on any atom is 0.164 e. The van der Waals surface area contributed by atoms with E-state index in [1.807, 2.05) is 31.2 Å². The van der Waals surface area contributed by atoms with Gasteiger partial charge in [-0.05, 0) is 51.1 Å². The van der Waals surface area contributed by atoms with Crippen LogP contribution in [0.15, 0.2) is 24.3 Å². The molecule has 1 aliphatic heterocycles. The summed E-state index contributed by atoms with van der Waals surface area (Å²) >= 11 is 0. The quantitative estimate of drug-likeness (QED) is 0.772. The second-order valence-corrected chi connectivity index (χ2v) is 6.83. The van der Waals surface area contributed by atoms with Crippen molar-refractivity contribution in [3.05, 3.63) is 35.4 Å². The molecular formula is C19H27NO. The molecule has 1 saturated carbocycles. The molecule has 0 bridgehead atoms. The van der Waals surface area contributed by atoms with E-state index in [-0.39, 0.29) is 0 Å². The van der Waals surface area contributed by atoms with E-state index < -0.39 is 0 Å². The Bertz CT molecular complexity index is 494. The molecule has 2 nitrogen and oxygen atoms in total. The minimum Gasteiger partial charge on any atom is -0.300 e. The first-order valence-electron chi connectivity index (χ1n) is 8.58. The Morgan fingerprint density at radius 1 is 1.19 bits per heavy atom. The standard InChI is InChI=1S/C19H27NO/c1-15-6-4-8-17(14-15)19(21)11-13-20-12-5-9-16-7-2-3-10-18(16)20/h4,6,8,14,16,18H,2-3,5,7,9-13H2,1H3/t16-,18-/m1/s1. The summed E-state index contributed by atoms with van der Waals surface area (Å²) in [5.74, 6) is 1.21. The molecule has 1 aromatic carbocycles. The Hall–Kier alpha value is -1.15. The molecule has 0 amide bonds. The second-order valence-electron chi connectivity index (χ2n) is 6.83. The summed E-state index contributed by atoms with van der Waals surface area (Å²) in [6.07, 6.45) is 8.95. The minimum atomic E-state index is 0.302. The lowest BCUT2D eigenvalue weighted by Crippen LogP contribution is -2.47. The van der Waals surface area contributed by atoms with Crippen LogP contribution in [0.1, 0.15) is 60.9 Å². The van der Waals surface area contributed by atoms with Crippen molar-refractivity contribution in [3.8, 4) is 0 Å². The smallest absolute Gasteiger partial charge is 0.164 e. The molecule has 0 N–H and O–H groups in total. The van der Waals surface area contributed by atoms with Crippen LogP contribution in [0.4, 0.5) is 0 Å². The van der Waals surface area contributed by atoms with E-state index in [4.69, 9.17) is 0 Å². The SMILES string of the molecule is Cc1cccc(C(=O)CCN2CCC[C@H]3CCCC[C@H]32)c1. The van der Waals surface area contributed by atoms with Gasteiger partial charge in [-0.3, -0.25) is 9.69 Å². The molecule has 0 radical (unpaired) electrons. The van der Waals surface area contributed by atoms with Gasteiger partial charge in [0.25, 0.3) is 0 Å².